The van der Waals surface area contributed by atoms with Gasteiger partial charge >= 0.3 is 0 Å². The molecule has 1 saturated heterocycles. The van der Waals surface area contributed by atoms with Gasteiger partial charge in [-0.1, -0.05) is 0 Å². The van der Waals surface area contributed by atoms with E-state index >= 15 is 0 Å². The summed E-state index contributed by atoms with van der Waals surface area (Å²) >= 11 is 4.37. The number of halogens is 3. The molecule has 19 heavy (non-hydrogen) atoms. The molecule has 1 aromatic rings. The van der Waals surface area contributed by atoms with Gasteiger partial charge in [-0.05, 0) is 57.3 Å². The summed E-state index contributed by atoms with van der Waals surface area (Å²) in [4.78, 5) is 2.22. The van der Waals surface area contributed by atoms with Gasteiger partial charge in [0.05, 0.1) is 16.2 Å². The maximum Gasteiger partial charge on any atom is 0.133 e. The number of nitrogens with one attached hydrogen (secondary N) is 1. The number of hydrogen-bond donors (Lipinski definition) is 3. The summed E-state index contributed by atoms with van der Waals surface area (Å²) in [5.74, 6) is 0.300. The van der Waals surface area contributed by atoms with Gasteiger partial charge in [0, 0.05) is 35.3 Å². The van der Waals surface area contributed by atoms with Crippen molar-refractivity contribution < 1.29 is 10.2 Å². The van der Waals surface area contributed by atoms with Gasteiger partial charge in [0.15, 0.2) is 0 Å². The van der Waals surface area contributed by atoms with Gasteiger partial charge in [0.25, 0.3) is 0 Å². The van der Waals surface area contributed by atoms with Crippen LogP contribution in [0.15, 0.2) is 12.1 Å². The van der Waals surface area contributed by atoms with Crippen molar-refractivity contribution in [3.05, 3.63) is 24.8 Å². The third kappa shape index (κ3) is 4.31. The molecule has 1 atom stereocenters. The minimum absolute atomic E-state index is 0. The average Bonchev–Trinajstić information content (AvgIpc) is 2.37. The Morgan fingerprint density at radius 3 is 2.47 bits per heavy atom. The van der Waals surface area contributed by atoms with Crippen LogP contribution < -0.4 is 5.32 Å². The highest BCUT2D eigenvalue weighted by molar-refractivity contribution is 14.1. The van der Waals surface area contributed by atoms with Gasteiger partial charge < -0.3 is 15.5 Å². The molecule has 0 radical (unpaired) electrons. The fourth-order valence-electron chi connectivity index (χ4n) is 2.24. The lowest BCUT2D eigenvalue weighted by Gasteiger charge is -2.34. The fourth-order valence-corrected chi connectivity index (χ4v) is 4.13. The van der Waals surface area contributed by atoms with Crippen LogP contribution in [0, 0.1) is 7.14 Å². The van der Waals surface area contributed by atoms with Crippen molar-refractivity contribution in [2.24, 2.45) is 0 Å². The second-order valence-corrected chi connectivity index (χ2v) is 6.72. The molecule has 0 spiro atoms. The van der Waals surface area contributed by atoms with Crippen LogP contribution in [-0.4, -0.2) is 47.9 Å². The predicted octanol–water partition coefficient (Wildman–Crippen LogP) is 1.96. The first-order valence-corrected chi connectivity index (χ1v) is 8.02. The summed E-state index contributed by atoms with van der Waals surface area (Å²) < 4.78 is 1.92. The standard InChI is InChI=1S/C12H16I2N2O2.ClH/c13-8-5-9(12(18)10(14)6-8)11(7-17)16-3-1-15-2-4-16;/h5-6,11,15,17-18H,1-4,7H2;1H/t11-;/m0./s1. The summed E-state index contributed by atoms with van der Waals surface area (Å²) in [5.41, 5.74) is 0.829. The molecule has 1 heterocycles. The zero-order chi connectivity index (χ0) is 13.1. The molecule has 0 aromatic heterocycles. The van der Waals surface area contributed by atoms with Gasteiger partial charge in [-0.15, -0.1) is 12.4 Å². The van der Waals surface area contributed by atoms with Crippen LogP contribution in [0.2, 0.25) is 0 Å². The van der Waals surface area contributed by atoms with E-state index in [1.165, 1.54) is 0 Å². The Kier molecular flexibility index (Phi) is 7.62. The summed E-state index contributed by atoms with van der Waals surface area (Å²) in [7, 11) is 0. The molecule has 4 nitrogen and oxygen atoms in total. The van der Waals surface area contributed by atoms with Crippen LogP contribution in [-0.2, 0) is 0 Å². The molecule has 1 aromatic carbocycles. The van der Waals surface area contributed by atoms with E-state index in [0.29, 0.717) is 5.75 Å². The van der Waals surface area contributed by atoms with E-state index in [-0.39, 0.29) is 25.1 Å². The van der Waals surface area contributed by atoms with Crippen molar-refractivity contribution in [1.82, 2.24) is 10.2 Å². The normalized spacial score (nSPS) is 17.8. The van der Waals surface area contributed by atoms with Gasteiger partial charge in [-0.2, -0.15) is 0 Å². The topological polar surface area (TPSA) is 55.7 Å². The van der Waals surface area contributed by atoms with E-state index in [1.807, 2.05) is 12.1 Å². The first-order valence-electron chi connectivity index (χ1n) is 5.87. The molecule has 3 N–H and O–H groups in total. The van der Waals surface area contributed by atoms with Crippen LogP contribution in [0.3, 0.4) is 0 Å². The molecule has 0 amide bonds. The second-order valence-electron chi connectivity index (χ2n) is 4.31. The van der Waals surface area contributed by atoms with Crippen LogP contribution in [0.25, 0.3) is 0 Å². The van der Waals surface area contributed by atoms with Crippen LogP contribution in [0.1, 0.15) is 11.6 Å². The quantitative estimate of drug-likeness (QED) is 0.545. The van der Waals surface area contributed by atoms with E-state index in [0.717, 1.165) is 38.9 Å². The summed E-state index contributed by atoms with van der Waals surface area (Å²) in [6.07, 6.45) is 0. The Hall–Kier alpha value is 0.650. The smallest absolute Gasteiger partial charge is 0.133 e. The fraction of sp³-hybridized carbons (Fsp3) is 0.500. The van der Waals surface area contributed by atoms with Gasteiger partial charge in [-0.3, -0.25) is 4.90 Å². The number of nitrogens with zero attached hydrogens (tertiary/aromatic N) is 1. The lowest BCUT2D eigenvalue weighted by atomic mass is 10.0. The number of piperazine rings is 1. The molecule has 0 unspecified atom stereocenters. The maximum absolute atomic E-state index is 10.2. The predicted molar refractivity (Wildman–Crippen MR) is 95.1 cm³/mol. The minimum Gasteiger partial charge on any atom is -0.506 e. The van der Waals surface area contributed by atoms with Gasteiger partial charge in [-0.25, -0.2) is 0 Å². The van der Waals surface area contributed by atoms with Gasteiger partial charge in [0.2, 0.25) is 0 Å². The Balaban J connectivity index is 0.00000180. The maximum atomic E-state index is 10.2. The number of benzene rings is 1. The van der Waals surface area contributed by atoms with Crippen molar-refractivity contribution >= 4 is 57.6 Å². The minimum atomic E-state index is -0.115. The first-order chi connectivity index (χ1) is 8.63. The zero-order valence-corrected chi connectivity index (χ0v) is 15.4. The Morgan fingerprint density at radius 2 is 1.89 bits per heavy atom. The molecule has 1 aliphatic rings. The van der Waals surface area contributed by atoms with E-state index < -0.39 is 0 Å². The molecule has 1 fully saturated rings. The average molecular weight is 511 g/mol. The van der Waals surface area contributed by atoms with Gasteiger partial charge in [0.1, 0.15) is 5.75 Å². The lowest BCUT2D eigenvalue weighted by Crippen LogP contribution is -2.46. The Bertz CT molecular complexity index is 428. The van der Waals surface area contributed by atoms with Crippen LogP contribution in [0.5, 0.6) is 5.75 Å². The monoisotopic (exact) mass is 510 g/mol. The number of phenolic OH excluding ortho intramolecular Hbond substituents is 1. The first kappa shape index (κ1) is 17.7. The third-order valence-electron chi connectivity index (χ3n) is 3.18. The number of rotatable bonds is 3. The molecule has 0 saturated carbocycles. The number of phenols is 1. The third-order valence-corrected chi connectivity index (χ3v) is 4.63. The number of aliphatic hydroxyl groups excluding tert-OH is 1. The molecule has 0 bridgehead atoms. The van der Waals surface area contributed by atoms with Crippen molar-refractivity contribution in [1.29, 1.82) is 0 Å². The summed E-state index contributed by atoms with van der Waals surface area (Å²) in [6, 6.07) is 3.78. The van der Waals surface area contributed by atoms with Crippen LogP contribution >= 0.6 is 57.6 Å². The Morgan fingerprint density at radius 1 is 1.26 bits per heavy atom. The summed E-state index contributed by atoms with van der Waals surface area (Å²) in [5, 5.41) is 23.1. The van der Waals surface area contributed by atoms with Crippen molar-refractivity contribution in [2.45, 2.75) is 6.04 Å². The molecule has 0 aliphatic carbocycles. The molecular weight excluding hydrogens is 493 g/mol. The zero-order valence-electron chi connectivity index (χ0n) is 10.3. The van der Waals surface area contributed by atoms with Crippen molar-refractivity contribution in [3.63, 3.8) is 0 Å². The molecule has 108 valence electrons. The van der Waals surface area contributed by atoms with E-state index in [4.69, 9.17) is 0 Å². The van der Waals surface area contributed by atoms with E-state index in [2.05, 4.69) is 55.4 Å². The molecule has 2 rings (SSSR count). The van der Waals surface area contributed by atoms with E-state index in [9.17, 15) is 10.2 Å². The Labute approximate surface area is 146 Å². The van der Waals surface area contributed by atoms with E-state index in [1.54, 1.807) is 0 Å². The highest BCUT2D eigenvalue weighted by Gasteiger charge is 2.25. The van der Waals surface area contributed by atoms with Crippen LogP contribution in [0.4, 0.5) is 0 Å². The molecular formula is C12H17ClI2N2O2. The molecule has 1 aliphatic heterocycles. The highest BCUT2D eigenvalue weighted by Crippen LogP contribution is 2.34. The lowest BCUT2D eigenvalue weighted by molar-refractivity contribution is 0.109. The summed E-state index contributed by atoms with van der Waals surface area (Å²) in [6.45, 7) is 3.68. The highest BCUT2D eigenvalue weighted by atomic mass is 127. The number of aromatic hydroxyl groups is 1. The second kappa shape index (κ2) is 8.18. The SMILES string of the molecule is Cl.OC[C@@H](c1cc(I)cc(I)c1O)N1CCNCC1. The number of aliphatic hydroxyl groups is 1. The number of hydrogen-bond acceptors (Lipinski definition) is 4. The largest absolute Gasteiger partial charge is 0.506 e. The van der Waals surface area contributed by atoms with Crippen molar-refractivity contribution in [3.8, 4) is 5.75 Å². The van der Waals surface area contributed by atoms with Crippen molar-refractivity contribution in [2.75, 3.05) is 32.8 Å². The molecule has 7 heteroatoms.